The lowest BCUT2D eigenvalue weighted by molar-refractivity contribution is -0.177. The highest BCUT2D eigenvalue weighted by atomic mass is 16.7. The van der Waals surface area contributed by atoms with Crippen molar-refractivity contribution in [3.8, 4) is 17.2 Å². The molecule has 2 amide bonds. The van der Waals surface area contributed by atoms with Crippen molar-refractivity contribution in [3.63, 3.8) is 0 Å². The van der Waals surface area contributed by atoms with Gasteiger partial charge in [-0.25, -0.2) is 0 Å². The Labute approximate surface area is 226 Å². The number of carbonyl (C=O) groups is 2. The third kappa shape index (κ3) is 6.39. The molecular weight excluding hydrogens is 500 g/mol. The first-order chi connectivity index (χ1) is 18.8. The van der Waals surface area contributed by atoms with E-state index >= 15 is 0 Å². The molecule has 206 valence electrons. The Hall–Kier alpha value is -4.34. The summed E-state index contributed by atoms with van der Waals surface area (Å²) in [5, 5.41) is 19.7. The molecular formula is C27H34N8O4. The van der Waals surface area contributed by atoms with E-state index in [0.717, 1.165) is 30.7 Å². The van der Waals surface area contributed by atoms with E-state index in [9.17, 15) is 14.9 Å². The summed E-state index contributed by atoms with van der Waals surface area (Å²) in [6, 6.07) is 7.30. The largest absolute Gasteiger partial charge is 0.393 e. The van der Waals surface area contributed by atoms with Gasteiger partial charge in [0.25, 0.3) is 5.91 Å². The Balaban J connectivity index is 0.000000808. The summed E-state index contributed by atoms with van der Waals surface area (Å²) < 4.78 is 13.7. The monoisotopic (exact) mass is 534 g/mol. The number of hydrogen-bond donors (Lipinski definition) is 5. The molecule has 0 radical (unpaired) electrons. The van der Waals surface area contributed by atoms with Crippen molar-refractivity contribution < 1.29 is 19.1 Å². The molecule has 1 atom stereocenters. The molecule has 1 unspecified atom stereocenters. The molecule has 1 aromatic heterocycles. The lowest BCUT2D eigenvalue weighted by atomic mass is 10.0. The number of aromatic nitrogens is 2. The van der Waals surface area contributed by atoms with Crippen molar-refractivity contribution >= 4 is 18.0 Å². The molecule has 2 saturated carbocycles. The molecule has 12 nitrogen and oxygen atoms in total. The average Bonchev–Trinajstić information content (AvgIpc) is 3.32. The number of nitriles is 1. The van der Waals surface area contributed by atoms with Gasteiger partial charge in [0.05, 0.1) is 36.4 Å². The molecule has 1 aliphatic heterocycles. The zero-order valence-corrected chi connectivity index (χ0v) is 21.9. The van der Waals surface area contributed by atoms with E-state index in [0.29, 0.717) is 30.9 Å². The van der Waals surface area contributed by atoms with E-state index in [-0.39, 0.29) is 28.8 Å². The number of hydrogen-bond acceptors (Lipinski definition) is 9. The molecule has 12 heteroatoms. The Kier molecular flexibility index (Phi) is 8.53. The van der Waals surface area contributed by atoms with Gasteiger partial charge in [-0.1, -0.05) is 31.9 Å². The summed E-state index contributed by atoms with van der Waals surface area (Å²) >= 11 is 0. The van der Waals surface area contributed by atoms with Crippen LogP contribution < -0.4 is 27.8 Å². The lowest BCUT2D eigenvalue weighted by Crippen LogP contribution is -2.36. The summed E-state index contributed by atoms with van der Waals surface area (Å²) in [7, 11) is 0. The highest BCUT2D eigenvalue weighted by molar-refractivity contribution is 5.93. The fourth-order valence-electron chi connectivity index (χ4n) is 4.63. The first-order valence-electron chi connectivity index (χ1n) is 12.9. The molecule has 0 bridgehead atoms. The fourth-order valence-corrected chi connectivity index (χ4v) is 4.63. The minimum Gasteiger partial charge on any atom is -0.393 e. The van der Waals surface area contributed by atoms with Gasteiger partial charge in [0.15, 0.2) is 5.79 Å². The van der Waals surface area contributed by atoms with Crippen LogP contribution in [0.1, 0.15) is 50.6 Å². The van der Waals surface area contributed by atoms with E-state index in [1.165, 1.54) is 18.9 Å². The molecule has 1 saturated heterocycles. The standard InChI is InChI=1S/C23H26N8O4.C4H8/c24-10-16-15(14-11-29-31(12-14)19-5-2-6-23(19)34-7-8-35-23)3-1-4-17(16)30-18(21(26)22(27)33)9-20(25)28-13-32;1-4-2-3-4/h1,3-4,9,11-13,19,30H,2,5-8,25-26H2,(H2,27,33)(H,28,32);4H,2-3H2,1H3/b20-9+,21-18+;. The molecule has 3 aliphatic rings. The van der Waals surface area contributed by atoms with Gasteiger partial charge in [-0.2, -0.15) is 10.4 Å². The van der Waals surface area contributed by atoms with Gasteiger partial charge in [0, 0.05) is 29.8 Å². The van der Waals surface area contributed by atoms with Crippen molar-refractivity contribution in [3.05, 3.63) is 59.4 Å². The summed E-state index contributed by atoms with van der Waals surface area (Å²) in [5.74, 6) is -0.552. The molecule has 2 aromatic rings. The van der Waals surface area contributed by atoms with Crippen LogP contribution in [0.25, 0.3) is 11.1 Å². The van der Waals surface area contributed by atoms with Gasteiger partial charge in [0.2, 0.25) is 6.41 Å². The molecule has 1 aromatic carbocycles. The number of carbonyl (C=O) groups excluding carboxylic acids is 2. The van der Waals surface area contributed by atoms with Crippen LogP contribution in [0.3, 0.4) is 0 Å². The second kappa shape index (κ2) is 12.0. The first-order valence-corrected chi connectivity index (χ1v) is 12.9. The van der Waals surface area contributed by atoms with Gasteiger partial charge in [-0.15, -0.1) is 0 Å². The molecule has 1 spiro atoms. The number of primary amides is 1. The quantitative estimate of drug-likeness (QED) is 0.191. The van der Waals surface area contributed by atoms with E-state index in [2.05, 4.69) is 28.7 Å². The second-order valence-electron chi connectivity index (χ2n) is 9.83. The number of nitrogens with zero attached hydrogens (tertiary/aromatic N) is 3. The number of rotatable bonds is 8. The minimum atomic E-state index is -0.902. The van der Waals surface area contributed by atoms with Crippen LogP contribution in [0, 0.1) is 17.2 Å². The van der Waals surface area contributed by atoms with Crippen molar-refractivity contribution in [1.29, 1.82) is 5.26 Å². The summed E-state index contributed by atoms with van der Waals surface area (Å²) in [6.45, 7) is 3.39. The van der Waals surface area contributed by atoms with Crippen LogP contribution in [0.5, 0.6) is 0 Å². The number of amides is 2. The topological polar surface area (TPSA) is 196 Å². The highest BCUT2D eigenvalue weighted by Crippen LogP contribution is 2.45. The zero-order chi connectivity index (χ0) is 28.0. The highest BCUT2D eigenvalue weighted by Gasteiger charge is 2.49. The fraction of sp³-hybridized carbons (Fsp3) is 0.407. The summed E-state index contributed by atoms with van der Waals surface area (Å²) in [4.78, 5) is 22.4. The van der Waals surface area contributed by atoms with E-state index < -0.39 is 11.7 Å². The molecule has 2 heterocycles. The normalized spacial score (nSPS) is 20.4. The SMILES string of the molecule is CC1CC1.N#Cc1c(NC(/C=C(\N)NC=O)=C(/N)C(N)=O)cccc1-c1cnn(C2CCCC23OCCO3)c1. The Bertz CT molecular complexity index is 1310. The number of benzene rings is 1. The first kappa shape index (κ1) is 27.7. The number of allylic oxidation sites excluding steroid dienone is 1. The molecule has 2 aliphatic carbocycles. The van der Waals surface area contributed by atoms with Gasteiger partial charge in [-0.3, -0.25) is 14.3 Å². The Morgan fingerprint density at radius 3 is 2.56 bits per heavy atom. The number of nitrogens with two attached hydrogens (primary N) is 3. The third-order valence-electron chi connectivity index (χ3n) is 6.91. The average molecular weight is 535 g/mol. The summed E-state index contributed by atoms with van der Waals surface area (Å²) in [5.41, 5.74) is 18.5. The third-order valence-corrected chi connectivity index (χ3v) is 6.91. The number of anilines is 1. The lowest BCUT2D eigenvalue weighted by Gasteiger charge is -2.29. The van der Waals surface area contributed by atoms with Crippen molar-refractivity contribution in [1.82, 2.24) is 15.1 Å². The van der Waals surface area contributed by atoms with Gasteiger partial charge >= 0.3 is 0 Å². The predicted molar refractivity (Wildman–Crippen MR) is 144 cm³/mol. The van der Waals surface area contributed by atoms with Gasteiger partial charge in [0.1, 0.15) is 23.6 Å². The second-order valence-corrected chi connectivity index (χ2v) is 9.83. The smallest absolute Gasteiger partial charge is 0.266 e. The molecule has 5 rings (SSSR count). The maximum absolute atomic E-state index is 11.7. The molecule has 39 heavy (non-hydrogen) atoms. The number of ether oxygens (including phenoxy) is 2. The maximum atomic E-state index is 11.7. The predicted octanol–water partition coefficient (Wildman–Crippen LogP) is 1.92. The maximum Gasteiger partial charge on any atom is 0.266 e. The zero-order valence-electron chi connectivity index (χ0n) is 21.9. The molecule has 8 N–H and O–H groups in total. The van der Waals surface area contributed by atoms with Crippen LogP contribution in [0.15, 0.2) is 53.9 Å². The Morgan fingerprint density at radius 2 is 1.95 bits per heavy atom. The van der Waals surface area contributed by atoms with Crippen LogP contribution >= 0.6 is 0 Å². The minimum absolute atomic E-state index is 0.0251. The van der Waals surface area contributed by atoms with Gasteiger partial charge in [-0.05, 0) is 24.8 Å². The van der Waals surface area contributed by atoms with E-state index in [1.807, 2.05) is 10.9 Å². The van der Waals surface area contributed by atoms with Crippen molar-refractivity contribution in [2.24, 2.45) is 23.1 Å². The van der Waals surface area contributed by atoms with Crippen LogP contribution in [-0.2, 0) is 19.1 Å². The number of nitrogens with one attached hydrogen (secondary N) is 2. The summed E-state index contributed by atoms with van der Waals surface area (Å²) in [6.07, 6.45) is 10.8. The van der Waals surface area contributed by atoms with Crippen molar-refractivity contribution in [2.75, 3.05) is 18.5 Å². The van der Waals surface area contributed by atoms with Crippen molar-refractivity contribution in [2.45, 2.75) is 50.9 Å². The van der Waals surface area contributed by atoms with Crippen LogP contribution in [-0.4, -0.2) is 41.1 Å². The van der Waals surface area contributed by atoms with E-state index in [1.54, 1.807) is 24.4 Å². The Morgan fingerprint density at radius 1 is 1.23 bits per heavy atom. The van der Waals surface area contributed by atoms with Gasteiger partial charge < -0.3 is 37.3 Å². The van der Waals surface area contributed by atoms with E-state index in [4.69, 9.17) is 26.7 Å². The van der Waals surface area contributed by atoms with Crippen LogP contribution in [0.2, 0.25) is 0 Å². The molecule has 3 fully saturated rings. The van der Waals surface area contributed by atoms with Crippen LogP contribution in [0.4, 0.5) is 5.69 Å².